The first-order valence-corrected chi connectivity index (χ1v) is 5.25. The van der Waals surface area contributed by atoms with Crippen molar-refractivity contribution in [2.45, 2.75) is 11.4 Å². The average molecular weight is 205 g/mol. The second-order valence-electron chi connectivity index (χ2n) is 2.02. The number of terminal acetylenes is 1. The van der Waals surface area contributed by atoms with E-state index >= 15 is 0 Å². The third-order valence-electron chi connectivity index (χ3n) is 1.14. The lowest BCUT2D eigenvalue weighted by Gasteiger charge is -1.89. The second-order valence-corrected chi connectivity index (χ2v) is 4.58. The smallest absolute Gasteiger partial charge is 0.259 e. The highest BCUT2D eigenvalue weighted by Gasteiger charge is 2.11. The van der Waals surface area contributed by atoms with E-state index in [0.717, 1.165) is 6.20 Å². The van der Waals surface area contributed by atoms with Gasteiger partial charge >= 0.3 is 0 Å². The number of hydrogen-bond donors (Lipinski definition) is 0. The van der Waals surface area contributed by atoms with Crippen molar-refractivity contribution >= 4 is 19.7 Å². The molecule has 0 saturated carbocycles. The zero-order chi connectivity index (χ0) is 9.19. The lowest BCUT2D eigenvalue weighted by molar-refractivity contribution is 0.609. The Morgan fingerprint density at radius 1 is 1.75 bits per heavy atom. The van der Waals surface area contributed by atoms with Gasteiger partial charge in [0.15, 0.2) is 0 Å². The van der Waals surface area contributed by atoms with Gasteiger partial charge in [-0.05, 0) is 0 Å². The summed E-state index contributed by atoms with van der Waals surface area (Å²) in [6.45, 7) is 0.229. The molecular formula is C6H5ClN2O2S. The van der Waals surface area contributed by atoms with E-state index in [-0.39, 0.29) is 11.4 Å². The molecule has 1 heterocycles. The Hall–Kier alpha value is -0.990. The van der Waals surface area contributed by atoms with Crippen LogP contribution in [0.3, 0.4) is 0 Å². The molecule has 12 heavy (non-hydrogen) atoms. The number of hydrogen-bond acceptors (Lipinski definition) is 3. The summed E-state index contributed by atoms with van der Waals surface area (Å²) in [6, 6.07) is 0. The van der Waals surface area contributed by atoms with Crippen LogP contribution in [0.4, 0.5) is 0 Å². The third kappa shape index (κ3) is 2.00. The first-order chi connectivity index (χ1) is 5.54. The van der Waals surface area contributed by atoms with Crippen LogP contribution in [0, 0.1) is 12.3 Å². The van der Waals surface area contributed by atoms with Gasteiger partial charge in [0.05, 0.1) is 6.20 Å². The average Bonchev–Trinajstić information content (AvgIpc) is 2.35. The van der Waals surface area contributed by atoms with Crippen LogP contribution in [-0.4, -0.2) is 18.2 Å². The zero-order valence-corrected chi connectivity index (χ0v) is 7.51. The van der Waals surface area contributed by atoms with Gasteiger partial charge in [-0.2, -0.15) is 5.10 Å². The molecule has 0 atom stereocenters. The van der Waals surface area contributed by atoms with Gasteiger partial charge in [0.25, 0.3) is 9.05 Å². The monoisotopic (exact) mass is 204 g/mol. The van der Waals surface area contributed by atoms with Crippen molar-refractivity contribution in [3.8, 4) is 12.3 Å². The quantitative estimate of drug-likeness (QED) is 0.519. The molecule has 1 aromatic rings. The molecule has 0 aliphatic rings. The van der Waals surface area contributed by atoms with Crippen molar-refractivity contribution in [3.63, 3.8) is 0 Å². The van der Waals surface area contributed by atoms with Crippen molar-refractivity contribution in [2.75, 3.05) is 0 Å². The van der Waals surface area contributed by atoms with Gasteiger partial charge in [-0.15, -0.1) is 6.42 Å². The third-order valence-corrected chi connectivity index (χ3v) is 2.45. The fourth-order valence-electron chi connectivity index (χ4n) is 0.651. The Balaban J connectivity index is 3.02. The largest absolute Gasteiger partial charge is 0.264 e. The van der Waals surface area contributed by atoms with Crippen LogP contribution >= 0.6 is 10.7 Å². The summed E-state index contributed by atoms with van der Waals surface area (Å²) in [5.41, 5.74) is 0. The lowest BCUT2D eigenvalue weighted by Crippen LogP contribution is -1.94. The summed E-state index contributed by atoms with van der Waals surface area (Å²) in [7, 11) is 1.36. The molecule has 0 aliphatic heterocycles. The van der Waals surface area contributed by atoms with Crippen molar-refractivity contribution in [2.24, 2.45) is 0 Å². The van der Waals surface area contributed by atoms with Crippen LogP contribution in [-0.2, 0) is 15.6 Å². The lowest BCUT2D eigenvalue weighted by atomic mass is 10.7. The van der Waals surface area contributed by atoms with Crippen molar-refractivity contribution in [1.82, 2.24) is 9.78 Å². The summed E-state index contributed by atoms with van der Waals surface area (Å²) in [5, 5.41) is 3.68. The minimum atomic E-state index is -3.68. The van der Waals surface area contributed by atoms with Crippen LogP contribution in [0.5, 0.6) is 0 Å². The van der Waals surface area contributed by atoms with Crippen molar-refractivity contribution in [3.05, 3.63) is 12.4 Å². The minimum absolute atomic E-state index is 0.0422. The molecule has 0 bridgehead atoms. The van der Waals surface area contributed by atoms with E-state index in [1.807, 2.05) is 0 Å². The molecule has 4 nitrogen and oxygen atoms in total. The molecule has 0 saturated heterocycles. The number of aromatic nitrogens is 2. The van der Waals surface area contributed by atoms with Crippen LogP contribution < -0.4 is 0 Å². The van der Waals surface area contributed by atoms with E-state index in [0.29, 0.717) is 0 Å². The Labute approximate surface area is 74.6 Å². The second kappa shape index (κ2) is 3.17. The van der Waals surface area contributed by atoms with Gasteiger partial charge in [0.1, 0.15) is 11.4 Å². The summed E-state index contributed by atoms with van der Waals surface area (Å²) < 4.78 is 22.7. The molecule has 64 valence electrons. The fraction of sp³-hybridized carbons (Fsp3) is 0.167. The van der Waals surface area contributed by atoms with Crippen LogP contribution in [0.2, 0.25) is 0 Å². The molecule has 0 fully saturated rings. The van der Waals surface area contributed by atoms with E-state index < -0.39 is 9.05 Å². The Morgan fingerprint density at radius 3 is 2.83 bits per heavy atom. The van der Waals surface area contributed by atoms with E-state index in [1.54, 1.807) is 0 Å². The molecular weight excluding hydrogens is 200 g/mol. The molecule has 0 amide bonds. The van der Waals surface area contributed by atoms with Gasteiger partial charge in [-0.3, -0.25) is 4.68 Å². The standard InChI is InChI=1S/C6H5ClN2O2S/c1-2-3-9-5-6(4-8-9)12(7,10)11/h1,4-5H,3H2. The maximum Gasteiger partial charge on any atom is 0.264 e. The van der Waals surface area contributed by atoms with Crippen LogP contribution in [0.25, 0.3) is 0 Å². The SMILES string of the molecule is C#CCn1cc(S(=O)(=O)Cl)cn1. The molecule has 0 aromatic carbocycles. The molecule has 1 rings (SSSR count). The summed E-state index contributed by atoms with van der Waals surface area (Å²) >= 11 is 0. The van der Waals surface area contributed by atoms with E-state index in [1.165, 1.54) is 10.9 Å². The summed E-state index contributed by atoms with van der Waals surface area (Å²) in [4.78, 5) is -0.0422. The first-order valence-electron chi connectivity index (χ1n) is 2.94. The van der Waals surface area contributed by atoms with Crippen molar-refractivity contribution in [1.29, 1.82) is 0 Å². The normalized spacial score (nSPS) is 11.0. The van der Waals surface area contributed by atoms with E-state index in [9.17, 15) is 8.42 Å². The van der Waals surface area contributed by atoms with Gasteiger partial charge < -0.3 is 0 Å². The van der Waals surface area contributed by atoms with E-state index in [4.69, 9.17) is 17.1 Å². The topological polar surface area (TPSA) is 52.0 Å². The molecule has 0 N–H and O–H groups in total. The molecule has 0 unspecified atom stereocenters. The van der Waals surface area contributed by atoms with Crippen molar-refractivity contribution < 1.29 is 8.42 Å². The summed E-state index contributed by atoms with van der Waals surface area (Å²) in [6.07, 6.45) is 7.42. The highest BCUT2D eigenvalue weighted by atomic mass is 35.7. The molecule has 0 spiro atoms. The molecule has 0 radical (unpaired) electrons. The molecule has 0 aliphatic carbocycles. The van der Waals surface area contributed by atoms with Gasteiger partial charge in [-0.25, -0.2) is 8.42 Å². The summed E-state index contributed by atoms with van der Waals surface area (Å²) in [5.74, 6) is 2.31. The van der Waals surface area contributed by atoms with Gasteiger partial charge in [0.2, 0.25) is 0 Å². The van der Waals surface area contributed by atoms with Gasteiger partial charge in [-0.1, -0.05) is 5.92 Å². The number of rotatable bonds is 2. The minimum Gasteiger partial charge on any atom is -0.259 e. The number of halogens is 1. The van der Waals surface area contributed by atoms with Crippen LogP contribution in [0.15, 0.2) is 17.3 Å². The predicted molar refractivity (Wildman–Crippen MR) is 44.1 cm³/mol. The Morgan fingerprint density at radius 2 is 2.42 bits per heavy atom. The predicted octanol–water partition coefficient (Wildman–Crippen LogP) is 0.444. The highest BCUT2D eigenvalue weighted by Crippen LogP contribution is 2.12. The van der Waals surface area contributed by atoms with E-state index in [2.05, 4.69) is 11.0 Å². The maximum absolute atomic E-state index is 10.7. The molecule has 1 aromatic heterocycles. The zero-order valence-electron chi connectivity index (χ0n) is 5.94. The van der Waals surface area contributed by atoms with Gasteiger partial charge in [0, 0.05) is 16.9 Å². The maximum atomic E-state index is 10.7. The first kappa shape index (κ1) is 9.10. The Bertz CT molecular complexity index is 415. The number of nitrogens with zero attached hydrogens (tertiary/aromatic N) is 2. The highest BCUT2D eigenvalue weighted by molar-refractivity contribution is 8.13. The van der Waals surface area contributed by atoms with Crippen LogP contribution in [0.1, 0.15) is 0 Å². The Kier molecular flexibility index (Phi) is 2.40. The molecule has 6 heteroatoms. The fourth-order valence-corrected chi connectivity index (χ4v) is 1.31.